The lowest BCUT2D eigenvalue weighted by Gasteiger charge is -2.09. The molecule has 0 aliphatic heterocycles. The quantitative estimate of drug-likeness (QED) is 0.584. The van der Waals surface area contributed by atoms with E-state index in [0.29, 0.717) is 0 Å². The predicted octanol–water partition coefficient (Wildman–Crippen LogP) is 7.07. The van der Waals surface area contributed by atoms with E-state index in [1.54, 1.807) is 0 Å². The number of hydrogen-bond donors (Lipinski definition) is 0. The van der Waals surface area contributed by atoms with Gasteiger partial charge in [-0.05, 0) is 43.5 Å². The second kappa shape index (κ2) is 11.4. The molecule has 0 bridgehead atoms. The normalized spacial score (nSPS) is 9.10. The summed E-state index contributed by atoms with van der Waals surface area (Å²) in [7, 11) is 0. The lowest BCUT2D eigenvalue weighted by molar-refractivity contribution is 1.08. The summed E-state index contributed by atoms with van der Waals surface area (Å²) in [6.07, 6.45) is 1.09. The van der Waals surface area contributed by atoms with Gasteiger partial charge in [-0.3, -0.25) is 0 Å². The third kappa shape index (κ3) is 6.39. The average molecular weight is 303 g/mol. The van der Waals surface area contributed by atoms with Crippen molar-refractivity contribution in [2.24, 2.45) is 0 Å². The monoisotopic (exact) mass is 302 g/mol. The largest absolute Gasteiger partial charge is 0.0895 e. The Bertz CT molecular complexity index is 515. The third-order valence-electron chi connectivity index (χ3n) is 2.90. The van der Waals surface area contributed by atoms with Crippen LogP contribution in [0.1, 0.15) is 51.3 Å². The number of aryl methyl sites for hydroxylation is 3. The summed E-state index contributed by atoms with van der Waals surface area (Å²) < 4.78 is 0. The van der Waals surface area contributed by atoms with Crippen molar-refractivity contribution in [3.8, 4) is 0 Å². The first kappa shape index (κ1) is 19.8. The Kier molecular flexibility index (Phi) is 10.8. The van der Waals surface area contributed by atoms with E-state index in [1.165, 1.54) is 26.5 Å². The van der Waals surface area contributed by atoms with E-state index in [4.69, 9.17) is 0 Å². The molecule has 0 atom stereocenters. The molecule has 0 amide bonds. The summed E-state index contributed by atoms with van der Waals surface area (Å²) in [5, 5.41) is 0. The van der Waals surface area contributed by atoms with Crippen LogP contribution < -0.4 is 0 Å². The molecule has 21 heavy (non-hydrogen) atoms. The molecule has 0 aromatic heterocycles. The van der Waals surface area contributed by atoms with Crippen LogP contribution in [-0.2, 0) is 6.42 Å². The van der Waals surface area contributed by atoms with Crippen LogP contribution in [0.3, 0.4) is 0 Å². The Morgan fingerprint density at radius 1 is 0.810 bits per heavy atom. The van der Waals surface area contributed by atoms with Gasteiger partial charge in [-0.1, -0.05) is 82.3 Å². The maximum atomic E-state index is 2.25. The van der Waals surface area contributed by atoms with Crippen molar-refractivity contribution in [1.82, 2.24) is 0 Å². The fourth-order valence-corrected chi connectivity index (χ4v) is 3.01. The smallest absolute Gasteiger partial charge is 0.0154 e. The van der Waals surface area contributed by atoms with Gasteiger partial charge >= 0.3 is 0 Å². The number of hydrogen-bond acceptors (Lipinski definition) is 1. The van der Waals surface area contributed by atoms with E-state index in [9.17, 15) is 0 Å². The van der Waals surface area contributed by atoms with Gasteiger partial charge in [0.2, 0.25) is 0 Å². The third-order valence-corrected chi connectivity index (χ3v) is 4.20. The van der Waals surface area contributed by atoms with Gasteiger partial charge in [0.25, 0.3) is 0 Å². The second-order valence-electron chi connectivity index (χ2n) is 4.33. The lowest BCUT2D eigenvalue weighted by atomic mass is 10.2. The van der Waals surface area contributed by atoms with Crippen LogP contribution in [0.4, 0.5) is 0 Å². The van der Waals surface area contributed by atoms with Crippen LogP contribution in [-0.4, -0.2) is 0 Å². The molecule has 0 aliphatic rings. The van der Waals surface area contributed by atoms with Gasteiger partial charge in [0, 0.05) is 9.79 Å². The zero-order valence-corrected chi connectivity index (χ0v) is 15.5. The minimum absolute atomic E-state index is 1.09. The van der Waals surface area contributed by atoms with Crippen molar-refractivity contribution < 1.29 is 0 Å². The van der Waals surface area contributed by atoms with Crippen LogP contribution in [0, 0.1) is 13.8 Å². The predicted molar refractivity (Wildman–Crippen MR) is 98.6 cm³/mol. The van der Waals surface area contributed by atoms with Crippen molar-refractivity contribution in [2.75, 3.05) is 0 Å². The highest BCUT2D eigenvalue weighted by Gasteiger charge is 2.04. The first-order chi connectivity index (χ1) is 10.2. The standard InChI is InChI=1S/C16H18S.2C2H6/c1-4-14-7-5-6-8-16(14)17-15-10-9-12(2)11-13(15)3;2*1-2/h5-11H,4H2,1-3H3;2*1-2H3. The van der Waals surface area contributed by atoms with E-state index >= 15 is 0 Å². The first-order valence-corrected chi connectivity index (χ1v) is 8.85. The molecule has 2 aromatic rings. The molecular formula is C20H30S. The zero-order valence-electron chi connectivity index (χ0n) is 14.7. The zero-order chi connectivity index (χ0) is 16.3. The Hall–Kier alpha value is -1.21. The highest BCUT2D eigenvalue weighted by molar-refractivity contribution is 7.99. The van der Waals surface area contributed by atoms with Crippen molar-refractivity contribution >= 4 is 11.8 Å². The number of benzene rings is 2. The highest BCUT2D eigenvalue weighted by Crippen LogP contribution is 2.33. The molecule has 0 aliphatic carbocycles. The molecule has 2 aromatic carbocycles. The van der Waals surface area contributed by atoms with Crippen LogP contribution in [0.15, 0.2) is 52.3 Å². The lowest BCUT2D eigenvalue weighted by Crippen LogP contribution is -1.86. The maximum absolute atomic E-state index is 2.25. The van der Waals surface area contributed by atoms with Crippen LogP contribution >= 0.6 is 11.8 Å². The van der Waals surface area contributed by atoms with Gasteiger partial charge in [0.15, 0.2) is 0 Å². The van der Waals surface area contributed by atoms with Crippen molar-refractivity contribution in [2.45, 2.75) is 64.7 Å². The SMILES string of the molecule is CC.CC.CCc1ccccc1Sc1ccc(C)cc1C. The molecule has 0 spiro atoms. The Morgan fingerprint density at radius 2 is 1.43 bits per heavy atom. The molecule has 116 valence electrons. The molecule has 0 N–H and O–H groups in total. The van der Waals surface area contributed by atoms with Gasteiger partial charge in [-0.2, -0.15) is 0 Å². The molecule has 1 heteroatoms. The second-order valence-corrected chi connectivity index (χ2v) is 5.42. The molecule has 0 saturated heterocycles. The summed E-state index contributed by atoms with van der Waals surface area (Å²) in [6.45, 7) is 14.5. The first-order valence-electron chi connectivity index (χ1n) is 8.03. The van der Waals surface area contributed by atoms with Gasteiger partial charge < -0.3 is 0 Å². The summed E-state index contributed by atoms with van der Waals surface area (Å²) >= 11 is 1.87. The summed E-state index contributed by atoms with van der Waals surface area (Å²) in [5.74, 6) is 0. The summed E-state index contributed by atoms with van der Waals surface area (Å²) in [6, 6.07) is 15.3. The molecule has 0 fully saturated rings. The molecule has 0 heterocycles. The Morgan fingerprint density at radius 3 is 2.00 bits per heavy atom. The summed E-state index contributed by atoms with van der Waals surface area (Å²) in [4.78, 5) is 2.73. The minimum atomic E-state index is 1.09. The van der Waals surface area contributed by atoms with Crippen molar-refractivity contribution in [1.29, 1.82) is 0 Å². The molecule has 0 unspecified atom stereocenters. The minimum Gasteiger partial charge on any atom is -0.0895 e. The van der Waals surface area contributed by atoms with Crippen molar-refractivity contribution in [3.63, 3.8) is 0 Å². The van der Waals surface area contributed by atoms with Crippen LogP contribution in [0.25, 0.3) is 0 Å². The van der Waals surface area contributed by atoms with Crippen LogP contribution in [0.5, 0.6) is 0 Å². The van der Waals surface area contributed by atoms with Gasteiger partial charge in [-0.25, -0.2) is 0 Å². The molecule has 0 radical (unpaired) electrons. The highest BCUT2D eigenvalue weighted by atomic mass is 32.2. The van der Waals surface area contributed by atoms with E-state index in [1.807, 2.05) is 39.5 Å². The topological polar surface area (TPSA) is 0 Å². The van der Waals surface area contributed by atoms with Gasteiger partial charge in [0.05, 0.1) is 0 Å². The van der Waals surface area contributed by atoms with Crippen molar-refractivity contribution in [3.05, 3.63) is 59.2 Å². The van der Waals surface area contributed by atoms with Gasteiger partial charge in [-0.15, -0.1) is 0 Å². The fraction of sp³-hybridized carbons (Fsp3) is 0.400. The van der Waals surface area contributed by atoms with E-state index in [0.717, 1.165) is 6.42 Å². The van der Waals surface area contributed by atoms with E-state index < -0.39 is 0 Å². The van der Waals surface area contributed by atoms with E-state index in [-0.39, 0.29) is 0 Å². The number of rotatable bonds is 3. The molecule has 0 saturated carbocycles. The molecule has 2 rings (SSSR count). The van der Waals surface area contributed by atoms with Crippen LogP contribution in [0.2, 0.25) is 0 Å². The molecule has 0 nitrogen and oxygen atoms in total. The molecular weight excluding hydrogens is 272 g/mol. The maximum Gasteiger partial charge on any atom is 0.0154 e. The van der Waals surface area contributed by atoms with E-state index in [2.05, 4.69) is 63.2 Å². The fourth-order valence-electron chi connectivity index (χ4n) is 1.93. The Balaban J connectivity index is 0.000000921. The van der Waals surface area contributed by atoms with Gasteiger partial charge in [0.1, 0.15) is 0 Å². The average Bonchev–Trinajstić information content (AvgIpc) is 2.54. The summed E-state index contributed by atoms with van der Waals surface area (Å²) in [5.41, 5.74) is 4.12. The Labute approximate surface area is 136 Å².